The summed E-state index contributed by atoms with van der Waals surface area (Å²) in [6.07, 6.45) is 0.658. The van der Waals surface area contributed by atoms with Crippen LogP contribution in [0.1, 0.15) is 26.3 Å². The van der Waals surface area contributed by atoms with E-state index in [9.17, 15) is 9.59 Å². The van der Waals surface area contributed by atoms with Gasteiger partial charge in [0.05, 0.1) is 0 Å². The Labute approximate surface area is 158 Å². The molecule has 1 N–H and O–H groups in total. The van der Waals surface area contributed by atoms with Crippen LogP contribution in [0.5, 0.6) is 5.75 Å². The van der Waals surface area contributed by atoms with Crippen LogP contribution >= 0.6 is 11.6 Å². The van der Waals surface area contributed by atoms with Crippen molar-refractivity contribution in [1.29, 1.82) is 0 Å². The van der Waals surface area contributed by atoms with Gasteiger partial charge in [0, 0.05) is 24.2 Å². The van der Waals surface area contributed by atoms with E-state index in [0.717, 1.165) is 11.3 Å². The molecule has 1 amide bonds. The lowest BCUT2D eigenvalue weighted by atomic mass is 10.1. The van der Waals surface area contributed by atoms with Crippen LogP contribution in [-0.2, 0) is 16.0 Å². The van der Waals surface area contributed by atoms with E-state index in [1.165, 1.54) is 20.8 Å². The number of aliphatic carboxylic acids is 1. The Hall–Kier alpha value is -2.53. The first-order valence-corrected chi connectivity index (χ1v) is 8.62. The molecule has 0 aromatic heterocycles. The van der Waals surface area contributed by atoms with Gasteiger partial charge in [-0.2, -0.15) is 0 Å². The van der Waals surface area contributed by atoms with E-state index < -0.39 is 11.6 Å². The molecule has 0 bridgehead atoms. The summed E-state index contributed by atoms with van der Waals surface area (Å²) in [6.45, 7) is 5.05. The number of carbonyl (C=O) groups excluding carboxylic acids is 1. The Kier molecular flexibility index (Phi) is 6.27. The lowest BCUT2D eigenvalue weighted by molar-refractivity contribution is -0.152. The highest BCUT2D eigenvalue weighted by Crippen LogP contribution is 2.21. The summed E-state index contributed by atoms with van der Waals surface area (Å²) >= 11 is 5.90. The van der Waals surface area contributed by atoms with Crippen molar-refractivity contribution < 1.29 is 19.4 Å². The molecule has 2 aromatic rings. The average molecular weight is 376 g/mol. The molecular weight excluding hydrogens is 354 g/mol. The number of ether oxygens (including phenoxy) is 1. The van der Waals surface area contributed by atoms with Gasteiger partial charge in [-0.05, 0) is 62.2 Å². The highest BCUT2D eigenvalue weighted by atomic mass is 35.5. The number of benzene rings is 2. The molecule has 5 nitrogen and oxygen atoms in total. The number of carboxylic acids is 1. The Morgan fingerprint density at radius 2 is 1.65 bits per heavy atom. The summed E-state index contributed by atoms with van der Waals surface area (Å²) in [5, 5.41) is 9.73. The van der Waals surface area contributed by atoms with Crippen molar-refractivity contribution in [1.82, 2.24) is 0 Å². The van der Waals surface area contributed by atoms with Gasteiger partial charge in [0.1, 0.15) is 5.75 Å². The molecule has 0 atom stereocenters. The number of hydrogen-bond donors (Lipinski definition) is 1. The second kappa shape index (κ2) is 8.23. The fourth-order valence-electron chi connectivity index (χ4n) is 2.39. The normalized spacial score (nSPS) is 11.1. The first-order valence-electron chi connectivity index (χ1n) is 8.24. The number of carboxylic acid groups (broad SMARTS) is 1. The van der Waals surface area contributed by atoms with Crippen LogP contribution in [0, 0.1) is 0 Å². The summed E-state index contributed by atoms with van der Waals surface area (Å²) in [4.78, 5) is 24.7. The number of carbonyl (C=O) groups is 2. The van der Waals surface area contributed by atoms with E-state index in [0.29, 0.717) is 23.7 Å². The molecule has 0 aliphatic heterocycles. The number of hydrogen-bond acceptors (Lipinski definition) is 3. The predicted molar refractivity (Wildman–Crippen MR) is 102 cm³/mol. The molecule has 138 valence electrons. The molecule has 0 spiro atoms. The smallest absolute Gasteiger partial charge is 0.347 e. The van der Waals surface area contributed by atoms with Crippen LogP contribution < -0.4 is 9.64 Å². The minimum atomic E-state index is -1.29. The van der Waals surface area contributed by atoms with E-state index in [1.54, 1.807) is 29.2 Å². The zero-order valence-electron chi connectivity index (χ0n) is 15.0. The van der Waals surface area contributed by atoms with Crippen LogP contribution in [-0.4, -0.2) is 29.1 Å². The fraction of sp³-hybridized carbons (Fsp3) is 0.300. The van der Waals surface area contributed by atoms with Crippen LogP contribution in [0.3, 0.4) is 0 Å². The van der Waals surface area contributed by atoms with Crippen LogP contribution in [0.25, 0.3) is 0 Å². The lowest BCUT2D eigenvalue weighted by Gasteiger charge is -2.22. The van der Waals surface area contributed by atoms with Gasteiger partial charge in [-0.3, -0.25) is 4.79 Å². The maximum Gasteiger partial charge on any atom is 0.347 e. The van der Waals surface area contributed by atoms with Crippen molar-refractivity contribution >= 4 is 29.2 Å². The lowest BCUT2D eigenvalue weighted by Crippen LogP contribution is -2.37. The fourth-order valence-corrected chi connectivity index (χ4v) is 2.52. The summed E-state index contributed by atoms with van der Waals surface area (Å²) in [7, 11) is 0. The molecule has 2 rings (SSSR count). The maximum absolute atomic E-state index is 11.9. The summed E-state index contributed by atoms with van der Waals surface area (Å²) < 4.78 is 5.49. The first kappa shape index (κ1) is 19.8. The largest absolute Gasteiger partial charge is 0.478 e. The number of amides is 1. The van der Waals surface area contributed by atoms with E-state index in [1.807, 2.05) is 24.3 Å². The Bertz CT molecular complexity index is 769. The second-order valence-electron chi connectivity index (χ2n) is 6.46. The molecule has 0 heterocycles. The molecular formula is C20H22ClNO4. The Balaban J connectivity index is 2.02. The third-order valence-electron chi connectivity index (χ3n) is 3.95. The van der Waals surface area contributed by atoms with Crippen molar-refractivity contribution in [3.05, 3.63) is 59.1 Å². The molecule has 0 saturated carbocycles. The second-order valence-corrected chi connectivity index (χ2v) is 6.89. The van der Waals surface area contributed by atoms with E-state index >= 15 is 0 Å². The number of halogens is 1. The van der Waals surface area contributed by atoms with Crippen molar-refractivity contribution in [3.63, 3.8) is 0 Å². The quantitative estimate of drug-likeness (QED) is 0.788. The van der Waals surface area contributed by atoms with Gasteiger partial charge in [0.25, 0.3) is 0 Å². The SMILES string of the molecule is CC(=O)N(CCc1ccc(OC(C)(C)C(=O)O)cc1)c1ccc(Cl)cc1. The molecule has 6 heteroatoms. The maximum atomic E-state index is 11.9. The number of nitrogens with zero attached hydrogens (tertiary/aromatic N) is 1. The zero-order valence-corrected chi connectivity index (χ0v) is 15.8. The zero-order chi connectivity index (χ0) is 19.3. The van der Waals surface area contributed by atoms with Gasteiger partial charge in [-0.15, -0.1) is 0 Å². The molecule has 0 saturated heterocycles. The van der Waals surface area contributed by atoms with Gasteiger partial charge in [0.15, 0.2) is 5.60 Å². The highest BCUT2D eigenvalue weighted by Gasteiger charge is 2.29. The van der Waals surface area contributed by atoms with Crippen LogP contribution in [0.15, 0.2) is 48.5 Å². The van der Waals surface area contributed by atoms with Crippen molar-refractivity contribution in [2.75, 3.05) is 11.4 Å². The van der Waals surface area contributed by atoms with Gasteiger partial charge in [0.2, 0.25) is 5.91 Å². The van der Waals surface area contributed by atoms with Crippen LogP contribution in [0.2, 0.25) is 5.02 Å². The first-order chi connectivity index (χ1) is 12.2. The van der Waals surface area contributed by atoms with Gasteiger partial charge < -0.3 is 14.7 Å². The number of rotatable bonds is 7. The highest BCUT2D eigenvalue weighted by molar-refractivity contribution is 6.30. The molecule has 0 unspecified atom stereocenters. The van der Waals surface area contributed by atoms with Gasteiger partial charge in [-0.25, -0.2) is 4.79 Å². The standard InChI is InChI=1S/C20H22ClNO4/c1-14(23)22(17-8-6-16(21)7-9-17)13-12-15-4-10-18(11-5-15)26-20(2,3)19(24)25/h4-11H,12-13H2,1-3H3,(H,24,25). The molecule has 0 aliphatic carbocycles. The van der Waals surface area contributed by atoms with Crippen molar-refractivity contribution in [3.8, 4) is 5.75 Å². The Morgan fingerprint density at radius 1 is 1.08 bits per heavy atom. The summed E-state index contributed by atoms with van der Waals surface area (Å²) in [6, 6.07) is 14.3. The van der Waals surface area contributed by atoms with Crippen LogP contribution in [0.4, 0.5) is 5.69 Å². The predicted octanol–water partition coefficient (Wildman–Crippen LogP) is 4.18. The molecule has 0 fully saturated rings. The molecule has 26 heavy (non-hydrogen) atoms. The van der Waals surface area contributed by atoms with Crippen molar-refractivity contribution in [2.45, 2.75) is 32.8 Å². The Morgan fingerprint density at radius 3 is 2.15 bits per heavy atom. The molecule has 0 radical (unpaired) electrons. The van der Waals surface area contributed by atoms with E-state index in [2.05, 4.69) is 0 Å². The summed E-state index contributed by atoms with van der Waals surface area (Å²) in [5.74, 6) is -0.584. The molecule has 0 aliphatic rings. The minimum Gasteiger partial charge on any atom is -0.478 e. The third kappa shape index (κ3) is 5.23. The van der Waals surface area contributed by atoms with Gasteiger partial charge >= 0.3 is 5.97 Å². The molecule has 2 aromatic carbocycles. The third-order valence-corrected chi connectivity index (χ3v) is 4.21. The average Bonchev–Trinajstić information content (AvgIpc) is 2.57. The topological polar surface area (TPSA) is 66.8 Å². The van der Waals surface area contributed by atoms with E-state index in [-0.39, 0.29) is 5.91 Å². The monoisotopic (exact) mass is 375 g/mol. The number of anilines is 1. The summed E-state index contributed by atoms with van der Waals surface area (Å²) in [5.41, 5.74) is 0.525. The van der Waals surface area contributed by atoms with Gasteiger partial charge in [-0.1, -0.05) is 23.7 Å². The van der Waals surface area contributed by atoms with Crippen molar-refractivity contribution in [2.24, 2.45) is 0 Å². The minimum absolute atomic E-state index is 0.0458. The van der Waals surface area contributed by atoms with E-state index in [4.69, 9.17) is 21.4 Å².